The second-order valence-corrected chi connectivity index (χ2v) is 18.9. The van der Waals surface area contributed by atoms with Gasteiger partial charge in [-0.15, -0.1) is 0 Å². The normalized spacial score (nSPS) is 31.8. The minimum Gasteiger partial charge on any atom is -0.357 e. The van der Waals surface area contributed by atoms with Crippen LogP contribution in [0, 0.1) is 40.4 Å². The number of carbonyl (C=O) groups is 4. The Hall–Kier alpha value is -6.17. The number of carbonyl (C=O) groups excluding carboxylic acids is 4. The molecule has 1 saturated carbocycles. The fourth-order valence-corrected chi connectivity index (χ4v) is 12.8. The van der Waals surface area contributed by atoms with E-state index < -0.39 is 51.6 Å². The molecular weight excluding hydrogens is 751 g/mol. The van der Waals surface area contributed by atoms with Gasteiger partial charge < -0.3 is 4.98 Å². The van der Waals surface area contributed by atoms with Crippen molar-refractivity contribution in [2.45, 2.75) is 18.4 Å². The van der Waals surface area contributed by atoms with Crippen molar-refractivity contribution >= 4 is 61.9 Å². The van der Waals surface area contributed by atoms with E-state index in [1.165, 1.54) is 14.1 Å². The quantitative estimate of drug-likeness (QED) is 0.461. The summed E-state index contributed by atoms with van der Waals surface area (Å²) in [5, 5.41) is 2.20. The lowest BCUT2D eigenvalue weighted by Gasteiger charge is -2.47. The number of nitroso groups, excluding NO2 is 1. The van der Waals surface area contributed by atoms with Crippen molar-refractivity contribution < 1.29 is 32.4 Å². The molecule has 284 valence electrons. The second kappa shape index (κ2) is 11.3. The first-order valence-corrected chi connectivity index (χ1v) is 21.1. The molecule has 0 spiro atoms. The summed E-state index contributed by atoms with van der Waals surface area (Å²) in [5.41, 5.74) is 5.82. The van der Waals surface area contributed by atoms with Crippen LogP contribution in [0.4, 0.5) is 0 Å². The SMILES string of the molecule is CN(C)S(=O)(=O)C1=c2ccccc2=CC2C(=O)C=c3c4c([nH]c3=C12)C1C(=O)C2=CC=C3C5=CC=C6C(=O)C7C=CC=CC7C7C(=O)CC(=C5C67)[N+](=O)C3C2=CC1C=C4. The molecule has 0 bridgehead atoms. The van der Waals surface area contributed by atoms with Crippen LogP contribution < -0.4 is 21.0 Å². The van der Waals surface area contributed by atoms with Gasteiger partial charge in [0.25, 0.3) is 6.04 Å². The van der Waals surface area contributed by atoms with E-state index in [0.717, 1.165) is 25.8 Å². The zero-order valence-electron chi connectivity index (χ0n) is 31.3. The molecule has 1 fully saturated rings. The van der Waals surface area contributed by atoms with E-state index >= 15 is 0 Å². The van der Waals surface area contributed by atoms with Crippen LogP contribution in [0.1, 0.15) is 23.6 Å². The largest absolute Gasteiger partial charge is 0.357 e. The molecule has 2 heterocycles. The van der Waals surface area contributed by atoms with Crippen LogP contribution in [0.3, 0.4) is 0 Å². The van der Waals surface area contributed by atoms with Crippen molar-refractivity contribution in [3.8, 4) is 0 Å². The summed E-state index contributed by atoms with van der Waals surface area (Å²) < 4.78 is 30.2. The van der Waals surface area contributed by atoms with Crippen molar-refractivity contribution in [3.05, 3.63) is 161 Å². The zero-order valence-corrected chi connectivity index (χ0v) is 32.1. The number of benzene rings is 1. The number of fused-ring (bicyclic) bond motifs is 13. The minimum absolute atomic E-state index is 0.0140. The summed E-state index contributed by atoms with van der Waals surface area (Å²) >= 11 is 0. The van der Waals surface area contributed by atoms with E-state index in [-0.39, 0.29) is 40.4 Å². The first-order chi connectivity index (χ1) is 28.0. The first kappa shape index (κ1) is 33.9. The van der Waals surface area contributed by atoms with Crippen molar-refractivity contribution in [3.63, 3.8) is 0 Å². The number of nitrogens with zero attached hydrogens (tertiary/aromatic N) is 2. The number of sulfonamides is 1. The molecule has 1 aromatic carbocycles. The van der Waals surface area contributed by atoms with Gasteiger partial charge in [0.1, 0.15) is 5.78 Å². The first-order valence-electron chi connectivity index (χ1n) is 19.6. The Balaban J connectivity index is 1.01. The highest BCUT2D eigenvalue weighted by Gasteiger charge is 2.61. The average molecular weight is 785 g/mol. The molecule has 1 aromatic heterocycles. The third kappa shape index (κ3) is 4.07. The molecule has 11 heteroatoms. The molecule has 10 aliphatic rings. The van der Waals surface area contributed by atoms with Crippen LogP contribution in [0.15, 0.2) is 124 Å². The third-order valence-electron chi connectivity index (χ3n) is 14.0. The molecule has 12 rings (SSSR count). The number of ketones is 4. The lowest BCUT2D eigenvalue weighted by atomic mass is 9.53. The Morgan fingerprint density at radius 2 is 1.60 bits per heavy atom. The Kier molecular flexibility index (Phi) is 6.59. The predicted octanol–water partition coefficient (Wildman–Crippen LogP) is 2.17. The van der Waals surface area contributed by atoms with Gasteiger partial charge in [-0.2, -0.15) is 0 Å². The highest BCUT2D eigenvalue weighted by Crippen LogP contribution is 2.58. The Labute approximate surface area is 331 Å². The maximum absolute atomic E-state index is 14.9. The van der Waals surface area contributed by atoms with E-state index in [2.05, 4.69) is 4.98 Å². The van der Waals surface area contributed by atoms with Crippen LogP contribution in [0.2, 0.25) is 0 Å². The lowest BCUT2D eigenvalue weighted by molar-refractivity contribution is -0.525. The summed E-state index contributed by atoms with van der Waals surface area (Å²) in [7, 11) is -1.10. The van der Waals surface area contributed by atoms with Crippen LogP contribution >= 0.6 is 0 Å². The van der Waals surface area contributed by atoms with Crippen LogP contribution in [-0.2, 0) is 29.2 Å². The molecule has 2 aromatic rings. The van der Waals surface area contributed by atoms with Crippen LogP contribution in [0.25, 0.3) is 28.7 Å². The lowest BCUT2D eigenvalue weighted by Crippen LogP contribution is -2.52. The second-order valence-electron chi connectivity index (χ2n) is 16.8. The maximum atomic E-state index is 14.9. The number of aromatic amines is 1. The maximum Gasteiger partial charge on any atom is 0.259 e. The molecule has 8 atom stereocenters. The summed E-state index contributed by atoms with van der Waals surface area (Å²) in [6.07, 6.45) is 24.0. The number of H-pyrrole nitrogens is 1. The molecule has 0 saturated heterocycles. The summed E-state index contributed by atoms with van der Waals surface area (Å²) in [4.78, 5) is 74.9. The van der Waals surface area contributed by atoms with E-state index in [9.17, 15) is 32.5 Å². The Morgan fingerprint density at radius 1 is 0.828 bits per heavy atom. The van der Waals surface area contributed by atoms with Gasteiger partial charge in [0.2, 0.25) is 15.7 Å². The summed E-state index contributed by atoms with van der Waals surface area (Å²) in [6.45, 7) is 0. The van der Waals surface area contributed by atoms with Gasteiger partial charge in [0, 0.05) is 108 Å². The van der Waals surface area contributed by atoms with Crippen LogP contribution in [-0.4, -0.2) is 65.7 Å². The summed E-state index contributed by atoms with van der Waals surface area (Å²) in [5.74, 6) is -4.15. The van der Waals surface area contributed by atoms with Gasteiger partial charge in [0.05, 0.1) is 28.5 Å². The van der Waals surface area contributed by atoms with Gasteiger partial charge in [-0.05, 0) is 16.9 Å². The molecule has 0 radical (unpaired) electrons. The van der Waals surface area contributed by atoms with Gasteiger partial charge in [-0.1, -0.05) is 97.2 Å². The molecule has 0 amide bonds. The standard InChI is InChI=1S/C47H33N3O7S/c1-49(2)58(56,57)47-23-8-4-3-7-21(23)17-33-35(51)19-31-26-12-11-22-18-32-29(46(54)37(22)42(26)48-43(31)41(33)47)15-14-27-25-13-16-30-40-38(25)34(50(55)44(27)32)20-36(52)39(40)24-9-5-6-10-28(24)45(30)53/h3-19,22,24,28,33,37,39-40,44H,20H2,1-2H3/p+1. The van der Waals surface area contributed by atoms with Crippen molar-refractivity contribution in [1.82, 2.24) is 9.29 Å². The number of nitrogens with one attached hydrogen (secondary N) is 1. The van der Waals surface area contributed by atoms with Crippen LogP contribution in [0.5, 0.6) is 0 Å². The van der Waals surface area contributed by atoms with Crippen molar-refractivity contribution in [2.24, 2.45) is 35.5 Å². The van der Waals surface area contributed by atoms with E-state index in [0.29, 0.717) is 60.3 Å². The molecular formula is C47H34N3O7S+. The topological polar surface area (TPSA) is 142 Å². The van der Waals surface area contributed by atoms with Crippen molar-refractivity contribution in [2.75, 3.05) is 14.1 Å². The highest BCUT2D eigenvalue weighted by atomic mass is 32.2. The molecule has 1 aliphatic heterocycles. The fourth-order valence-electron chi connectivity index (χ4n) is 11.5. The fraction of sp³-hybridized carbons (Fsp3) is 0.234. The third-order valence-corrected chi connectivity index (χ3v) is 15.9. The van der Waals surface area contributed by atoms with Gasteiger partial charge in [-0.25, -0.2) is 12.7 Å². The molecule has 58 heavy (non-hydrogen) atoms. The molecule has 1 N–H and O–H groups in total. The van der Waals surface area contributed by atoms with Gasteiger partial charge >= 0.3 is 0 Å². The van der Waals surface area contributed by atoms with Gasteiger partial charge in [0.15, 0.2) is 17.3 Å². The Morgan fingerprint density at radius 3 is 2.43 bits per heavy atom. The Bertz CT molecular complexity index is 3230. The highest BCUT2D eigenvalue weighted by molar-refractivity contribution is 7.98. The number of rotatable bonds is 2. The number of hydrogen-bond donors (Lipinski definition) is 1. The molecule has 9 aliphatic carbocycles. The number of Topliss-reactive ketones (excluding diaryl/α,β-unsaturated/α-hetero) is 4. The number of hydrogen-bond acceptors (Lipinski definition) is 7. The predicted molar refractivity (Wildman–Crippen MR) is 215 cm³/mol. The summed E-state index contributed by atoms with van der Waals surface area (Å²) in [6, 6.07) is 6.28. The monoisotopic (exact) mass is 784 g/mol. The van der Waals surface area contributed by atoms with Crippen molar-refractivity contribution in [1.29, 1.82) is 0 Å². The molecule has 8 unspecified atom stereocenters. The molecule has 10 nitrogen and oxygen atoms in total. The van der Waals surface area contributed by atoms with E-state index in [4.69, 9.17) is 0 Å². The van der Waals surface area contributed by atoms with E-state index in [1.807, 2.05) is 79.0 Å². The van der Waals surface area contributed by atoms with Gasteiger partial charge in [-0.3, -0.25) is 19.2 Å². The zero-order chi connectivity index (χ0) is 39.7. The smallest absolute Gasteiger partial charge is 0.259 e. The number of allylic oxidation sites excluding steroid dienone is 13. The minimum atomic E-state index is -4.04. The van der Waals surface area contributed by atoms with E-state index in [1.54, 1.807) is 24.3 Å². The number of aromatic nitrogens is 1. The average Bonchev–Trinajstić information content (AvgIpc) is 3.59.